The zero-order valence-electron chi connectivity index (χ0n) is 22.0. The maximum absolute atomic E-state index is 9.97. The van der Waals surface area contributed by atoms with Crippen LogP contribution in [-0.2, 0) is 0 Å². The highest BCUT2D eigenvalue weighted by molar-refractivity contribution is 5.63. The van der Waals surface area contributed by atoms with Crippen molar-refractivity contribution in [1.29, 1.82) is 0 Å². The van der Waals surface area contributed by atoms with Crippen molar-refractivity contribution in [2.75, 3.05) is 32.2 Å². The summed E-state index contributed by atoms with van der Waals surface area (Å²) in [5.74, 6) is 2.73. The first-order valence-corrected chi connectivity index (χ1v) is 13.3. The number of aliphatic hydroxyl groups excluding tert-OH is 1. The molecule has 1 fully saturated rings. The van der Waals surface area contributed by atoms with Crippen molar-refractivity contribution in [1.82, 2.24) is 5.32 Å². The molecule has 3 atom stereocenters. The van der Waals surface area contributed by atoms with E-state index >= 15 is 0 Å². The van der Waals surface area contributed by atoms with Gasteiger partial charge in [-0.05, 0) is 47.7 Å². The number of likely N-dealkylation sites (N-methyl/N-ethyl adjacent to an activating group) is 1. The summed E-state index contributed by atoms with van der Waals surface area (Å²) in [4.78, 5) is 2.32. The van der Waals surface area contributed by atoms with E-state index < -0.39 is 0 Å². The molecule has 5 nitrogen and oxygen atoms in total. The topological polar surface area (TPSA) is 54.0 Å². The average molecular weight is 509 g/mol. The van der Waals surface area contributed by atoms with E-state index in [0.29, 0.717) is 0 Å². The smallest absolute Gasteiger partial charge is 0.142 e. The van der Waals surface area contributed by atoms with Gasteiger partial charge in [-0.25, -0.2) is 0 Å². The zero-order valence-corrected chi connectivity index (χ0v) is 22.0. The zero-order chi connectivity index (χ0) is 26.3. The first-order chi connectivity index (χ1) is 18.7. The molecule has 0 bridgehead atoms. The number of nitrogens with one attached hydrogen (secondary N) is 1. The largest absolute Gasteiger partial charge is 0.495 e. The van der Waals surface area contributed by atoms with Gasteiger partial charge in [0, 0.05) is 44.3 Å². The van der Waals surface area contributed by atoms with Crippen LogP contribution in [0.25, 0.3) is 0 Å². The van der Waals surface area contributed by atoms with E-state index in [0.717, 1.165) is 35.9 Å². The van der Waals surface area contributed by atoms with Crippen molar-refractivity contribution in [2.24, 2.45) is 5.92 Å². The molecule has 0 spiro atoms. The summed E-state index contributed by atoms with van der Waals surface area (Å²) in [6.45, 7) is 0.984. The molecule has 0 amide bonds. The van der Waals surface area contributed by atoms with Crippen molar-refractivity contribution < 1.29 is 14.6 Å². The second-order valence-corrected chi connectivity index (χ2v) is 9.86. The molecule has 3 unspecified atom stereocenters. The van der Waals surface area contributed by atoms with E-state index in [-0.39, 0.29) is 30.5 Å². The van der Waals surface area contributed by atoms with Gasteiger partial charge in [0.2, 0.25) is 0 Å². The SMILES string of the molecule is COc1ccc(Oc2ccccc2)cc1N(C)C1C(CCO)CNC1C(c1ccccc1)c1ccccc1. The molecule has 1 saturated heterocycles. The molecule has 1 aliphatic rings. The van der Waals surface area contributed by atoms with E-state index in [4.69, 9.17) is 9.47 Å². The lowest BCUT2D eigenvalue weighted by Gasteiger charge is -2.39. The van der Waals surface area contributed by atoms with Gasteiger partial charge < -0.3 is 24.8 Å². The number of aliphatic hydroxyl groups is 1. The number of benzene rings is 4. The first-order valence-electron chi connectivity index (χ1n) is 13.3. The van der Waals surface area contributed by atoms with E-state index in [9.17, 15) is 5.11 Å². The molecule has 1 aliphatic heterocycles. The summed E-state index contributed by atoms with van der Waals surface area (Å²) in [5.41, 5.74) is 3.50. The predicted octanol–water partition coefficient (Wildman–Crippen LogP) is 6.09. The summed E-state index contributed by atoms with van der Waals surface area (Å²) in [5, 5.41) is 13.8. The van der Waals surface area contributed by atoms with Gasteiger partial charge in [0.15, 0.2) is 0 Å². The van der Waals surface area contributed by atoms with Crippen LogP contribution in [0.1, 0.15) is 23.5 Å². The van der Waals surface area contributed by atoms with Crippen LogP contribution in [0.15, 0.2) is 109 Å². The van der Waals surface area contributed by atoms with Crippen LogP contribution in [0.4, 0.5) is 5.69 Å². The summed E-state index contributed by atoms with van der Waals surface area (Å²) in [6.07, 6.45) is 0.720. The quantitative estimate of drug-likeness (QED) is 0.271. The van der Waals surface area contributed by atoms with Gasteiger partial charge in [-0.3, -0.25) is 0 Å². The normalized spacial score (nSPS) is 18.9. The Balaban J connectivity index is 1.55. The van der Waals surface area contributed by atoms with Gasteiger partial charge in [-0.2, -0.15) is 0 Å². The van der Waals surface area contributed by atoms with Gasteiger partial charge in [0.25, 0.3) is 0 Å². The van der Waals surface area contributed by atoms with Crippen LogP contribution in [0.3, 0.4) is 0 Å². The Morgan fingerprint density at radius 1 is 0.842 bits per heavy atom. The van der Waals surface area contributed by atoms with E-state index in [1.165, 1.54) is 11.1 Å². The Hall–Kier alpha value is -3.80. The lowest BCUT2D eigenvalue weighted by atomic mass is 9.79. The Kier molecular flexibility index (Phi) is 8.27. The molecule has 196 valence electrons. The minimum Gasteiger partial charge on any atom is -0.495 e. The third-order valence-electron chi connectivity index (χ3n) is 7.60. The fourth-order valence-electron chi connectivity index (χ4n) is 5.85. The molecule has 4 aromatic rings. The maximum atomic E-state index is 9.97. The lowest BCUT2D eigenvalue weighted by Crippen LogP contribution is -2.48. The molecule has 0 radical (unpaired) electrons. The van der Waals surface area contributed by atoms with Crippen LogP contribution in [0.5, 0.6) is 17.2 Å². The number of hydrogen-bond acceptors (Lipinski definition) is 5. The van der Waals surface area contributed by atoms with Gasteiger partial charge >= 0.3 is 0 Å². The summed E-state index contributed by atoms with van der Waals surface area (Å²) in [6, 6.07) is 37.4. The van der Waals surface area contributed by atoms with Crippen molar-refractivity contribution in [3.8, 4) is 17.2 Å². The highest BCUT2D eigenvalue weighted by Crippen LogP contribution is 2.41. The summed E-state index contributed by atoms with van der Waals surface area (Å²) >= 11 is 0. The average Bonchev–Trinajstić information content (AvgIpc) is 3.37. The number of ether oxygens (including phenoxy) is 2. The molecule has 0 aliphatic carbocycles. The third-order valence-corrected chi connectivity index (χ3v) is 7.60. The molecule has 2 N–H and O–H groups in total. The van der Waals surface area contributed by atoms with Gasteiger partial charge in [0.1, 0.15) is 17.2 Å². The second kappa shape index (κ2) is 12.2. The second-order valence-electron chi connectivity index (χ2n) is 9.86. The number of anilines is 1. The predicted molar refractivity (Wildman–Crippen MR) is 153 cm³/mol. The first kappa shape index (κ1) is 25.8. The van der Waals surface area contributed by atoms with Crippen LogP contribution in [-0.4, -0.2) is 44.5 Å². The van der Waals surface area contributed by atoms with Crippen molar-refractivity contribution >= 4 is 5.69 Å². The molecule has 5 heteroatoms. The minimum absolute atomic E-state index is 0.105. The number of rotatable bonds is 10. The highest BCUT2D eigenvalue weighted by Gasteiger charge is 2.43. The third kappa shape index (κ3) is 5.54. The van der Waals surface area contributed by atoms with Crippen molar-refractivity contribution in [3.05, 3.63) is 120 Å². The van der Waals surface area contributed by atoms with Crippen LogP contribution < -0.4 is 19.7 Å². The molecule has 38 heavy (non-hydrogen) atoms. The number of hydrogen-bond donors (Lipinski definition) is 2. The summed E-state index contributed by atoms with van der Waals surface area (Å²) in [7, 11) is 3.84. The van der Waals surface area contributed by atoms with Crippen molar-refractivity contribution in [3.63, 3.8) is 0 Å². The Morgan fingerprint density at radius 3 is 2.03 bits per heavy atom. The molecule has 4 aromatic carbocycles. The van der Waals surface area contributed by atoms with Gasteiger partial charge in [-0.15, -0.1) is 0 Å². The maximum Gasteiger partial charge on any atom is 0.142 e. The van der Waals surface area contributed by atoms with Crippen LogP contribution >= 0.6 is 0 Å². The monoisotopic (exact) mass is 508 g/mol. The van der Waals surface area contributed by atoms with Crippen LogP contribution in [0, 0.1) is 5.92 Å². The molecule has 1 heterocycles. The number of methoxy groups -OCH3 is 1. The van der Waals surface area contributed by atoms with E-state index in [1.807, 2.05) is 42.5 Å². The fourth-order valence-corrected chi connectivity index (χ4v) is 5.85. The van der Waals surface area contributed by atoms with Gasteiger partial charge in [0.05, 0.1) is 12.8 Å². The Morgan fingerprint density at radius 2 is 1.45 bits per heavy atom. The van der Waals surface area contributed by atoms with Crippen LogP contribution in [0.2, 0.25) is 0 Å². The minimum atomic E-state index is 0.105. The standard InChI is InChI=1S/C33H36N2O3/c1-35(29-22-28(18-19-30(29)37-2)38-27-16-10-5-11-17-27)33-26(20-21-36)23-34-32(33)31(24-12-6-3-7-13-24)25-14-8-4-9-15-25/h3-19,22,26,31-34,36H,20-21,23H2,1-2H3. The number of nitrogens with zero attached hydrogens (tertiary/aromatic N) is 1. The molecule has 0 aromatic heterocycles. The van der Waals surface area contributed by atoms with Gasteiger partial charge in [-0.1, -0.05) is 78.9 Å². The molecular weight excluding hydrogens is 472 g/mol. The highest BCUT2D eigenvalue weighted by atomic mass is 16.5. The van der Waals surface area contributed by atoms with E-state index in [2.05, 4.69) is 84.0 Å². The summed E-state index contributed by atoms with van der Waals surface area (Å²) < 4.78 is 12.0. The lowest BCUT2D eigenvalue weighted by molar-refractivity contribution is 0.251. The molecular formula is C33H36N2O3. The Bertz CT molecular complexity index is 1240. The van der Waals surface area contributed by atoms with E-state index in [1.54, 1.807) is 7.11 Å². The fraction of sp³-hybridized carbons (Fsp3) is 0.273. The molecule has 5 rings (SSSR count). The number of para-hydroxylation sites is 1. The van der Waals surface area contributed by atoms with Crippen molar-refractivity contribution in [2.45, 2.75) is 24.4 Å². The molecule has 0 saturated carbocycles. The Labute approximate surface area is 225 Å².